The minimum absolute atomic E-state index is 0.379. The van der Waals surface area contributed by atoms with Crippen molar-refractivity contribution >= 4 is 28.6 Å². The SMILES string of the molecule is C=CC(=O)OCCC[Si](C)(C)O[Si](C)(C)CCCCOc1ccc(C(=O)Oc2ccc(-c3ccc(C#N)cc3)cc2)cc1. The quantitative estimate of drug-likeness (QED) is 0.0528. The van der Waals surface area contributed by atoms with Crippen molar-refractivity contribution in [2.24, 2.45) is 0 Å². The van der Waals surface area contributed by atoms with Crippen LogP contribution >= 0.6 is 0 Å². The lowest BCUT2D eigenvalue weighted by Crippen LogP contribution is -2.44. The highest BCUT2D eigenvalue weighted by atomic mass is 28.4. The first-order chi connectivity index (χ1) is 20.5. The molecule has 0 bridgehead atoms. The lowest BCUT2D eigenvalue weighted by molar-refractivity contribution is -0.137. The van der Waals surface area contributed by atoms with Crippen LogP contribution < -0.4 is 9.47 Å². The van der Waals surface area contributed by atoms with Gasteiger partial charge >= 0.3 is 11.9 Å². The predicted octanol–water partition coefficient (Wildman–Crippen LogP) is 8.15. The smallest absolute Gasteiger partial charge is 0.343 e. The number of unbranched alkanes of at least 4 members (excludes halogenated alkanes) is 1. The third-order valence-corrected chi connectivity index (χ3v) is 14.4. The molecule has 0 saturated carbocycles. The Labute approximate surface area is 257 Å². The standard InChI is InChI=1S/C34H41NO6Si2/c1-6-33(36)39-23-9-25-43(4,5)41-42(2,3)24-8-7-22-38-31-18-16-30(17-19-31)34(37)40-32-20-14-29(15-21-32)28-12-10-27(26-35)11-13-28/h6,10-21H,1,7-9,22-25H2,2-5H3. The van der Waals surface area contributed by atoms with Gasteiger partial charge in [0.2, 0.25) is 0 Å². The van der Waals surface area contributed by atoms with Crippen LogP contribution in [0, 0.1) is 11.3 Å². The highest BCUT2D eigenvalue weighted by Gasteiger charge is 2.32. The molecular formula is C34H41NO6Si2. The zero-order valence-corrected chi connectivity index (χ0v) is 27.6. The van der Waals surface area contributed by atoms with Crippen LogP contribution in [0.4, 0.5) is 0 Å². The van der Waals surface area contributed by atoms with Crippen molar-refractivity contribution in [3.8, 4) is 28.7 Å². The molecule has 0 fully saturated rings. The van der Waals surface area contributed by atoms with Crippen LogP contribution in [0.25, 0.3) is 11.1 Å². The second kappa shape index (κ2) is 16.0. The van der Waals surface area contributed by atoms with Crippen LogP contribution in [0.15, 0.2) is 85.5 Å². The van der Waals surface area contributed by atoms with Crippen LogP contribution in [0.2, 0.25) is 38.3 Å². The van der Waals surface area contributed by atoms with Crippen molar-refractivity contribution in [3.63, 3.8) is 0 Å². The summed E-state index contributed by atoms with van der Waals surface area (Å²) in [4.78, 5) is 23.8. The van der Waals surface area contributed by atoms with Gasteiger partial charge in [-0.05, 0) is 111 Å². The van der Waals surface area contributed by atoms with Gasteiger partial charge in [-0.15, -0.1) is 0 Å². The maximum absolute atomic E-state index is 12.6. The number of benzene rings is 3. The van der Waals surface area contributed by atoms with Crippen molar-refractivity contribution in [2.75, 3.05) is 13.2 Å². The van der Waals surface area contributed by atoms with E-state index in [0.717, 1.165) is 42.5 Å². The van der Waals surface area contributed by atoms with E-state index in [2.05, 4.69) is 38.8 Å². The van der Waals surface area contributed by atoms with Crippen LogP contribution in [0.3, 0.4) is 0 Å². The molecule has 0 atom stereocenters. The molecule has 0 saturated heterocycles. The summed E-state index contributed by atoms with van der Waals surface area (Å²) in [6.07, 6.45) is 3.94. The minimum Gasteiger partial charge on any atom is -0.494 e. The second-order valence-electron chi connectivity index (χ2n) is 11.5. The fourth-order valence-electron chi connectivity index (χ4n) is 4.73. The summed E-state index contributed by atoms with van der Waals surface area (Å²) in [6.45, 7) is 13.4. The molecule has 0 spiro atoms. The fraction of sp³-hybridized carbons (Fsp3) is 0.324. The molecule has 0 unspecified atom stereocenters. The Morgan fingerprint density at radius 2 is 1.33 bits per heavy atom. The predicted molar refractivity (Wildman–Crippen MR) is 174 cm³/mol. The number of nitriles is 1. The zero-order valence-electron chi connectivity index (χ0n) is 25.6. The van der Waals surface area contributed by atoms with Crippen LogP contribution in [-0.4, -0.2) is 41.8 Å². The number of carbonyl (C=O) groups excluding carboxylic acids is 2. The molecule has 226 valence electrons. The molecule has 0 N–H and O–H groups in total. The van der Waals surface area contributed by atoms with E-state index < -0.39 is 22.6 Å². The Kier molecular flexibility index (Phi) is 12.5. The number of esters is 2. The van der Waals surface area contributed by atoms with E-state index in [0.29, 0.717) is 35.8 Å². The number of hydrogen-bond acceptors (Lipinski definition) is 7. The molecule has 0 radical (unpaired) electrons. The largest absolute Gasteiger partial charge is 0.494 e. The maximum atomic E-state index is 12.6. The monoisotopic (exact) mass is 615 g/mol. The molecule has 0 aromatic heterocycles. The summed E-state index contributed by atoms with van der Waals surface area (Å²) in [5.41, 5.74) is 3.00. The molecule has 3 aromatic rings. The normalized spacial score (nSPS) is 11.3. The van der Waals surface area contributed by atoms with Gasteiger partial charge in [-0.25, -0.2) is 9.59 Å². The Balaban J connectivity index is 1.37. The molecule has 0 heterocycles. The average Bonchev–Trinajstić information content (AvgIpc) is 2.99. The Hall–Kier alpha value is -3.98. The van der Waals surface area contributed by atoms with Gasteiger partial charge < -0.3 is 18.3 Å². The van der Waals surface area contributed by atoms with E-state index in [1.165, 1.54) is 6.08 Å². The topological polar surface area (TPSA) is 94.8 Å². The molecule has 0 aliphatic carbocycles. The van der Waals surface area contributed by atoms with Gasteiger partial charge in [0.25, 0.3) is 0 Å². The summed E-state index contributed by atoms with van der Waals surface area (Å²) in [7, 11) is -3.65. The lowest BCUT2D eigenvalue weighted by atomic mass is 10.0. The first kappa shape index (κ1) is 33.5. The first-order valence-electron chi connectivity index (χ1n) is 14.6. The lowest BCUT2D eigenvalue weighted by Gasteiger charge is -2.34. The molecule has 43 heavy (non-hydrogen) atoms. The Bertz CT molecular complexity index is 1390. The molecule has 0 aliphatic rings. The summed E-state index contributed by atoms with van der Waals surface area (Å²) >= 11 is 0. The average molecular weight is 616 g/mol. The van der Waals surface area contributed by atoms with E-state index in [9.17, 15) is 9.59 Å². The van der Waals surface area contributed by atoms with Gasteiger partial charge in [0.15, 0.2) is 16.6 Å². The zero-order chi connectivity index (χ0) is 31.3. The molecule has 7 nitrogen and oxygen atoms in total. The van der Waals surface area contributed by atoms with Gasteiger partial charge in [-0.1, -0.05) is 37.3 Å². The van der Waals surface area contributed by atoms with Gasteiger partial charge in [0.05, 0.1) is 30.4 Å². The highest BCUT2D eigenvalue weighted by Crippen LogP contribution is 2.26. The minimum atomic E-state index is -1.83. The number of ether oxygens (including phenoxy) is 3. The fourth-order valence-corrected chi connectivity index (χ4v) is 13.6. The van der Waals surface area contributed by atoms with Crippen molar-refractivity contribution in [1.29, 1.82) is 5.26 Å². The number of rotatable bonds is 16. The molecular weight excluding hydrogens is 575 g/mol. The Morgan fingerprint density at radius 1 is 0.767 bits per heavy atom. The van der Waals surface area contributed by atoms with E-state index in [-0.39, 0.29) is 5.97 Å². The summed E-state index contributed by atoms with van der Waals surface area (Å²) in [6, 6.07) is 25.7. The molecule has 0 aliphatic heterocycles. The molecule has 9 heteroatoms. The first-order valence-corrected chi connectivity index (χ1v) is 20.8. The Morgan fingerprint density at radius 3 is 1.91 bits per heavy atom. The highest BCUT2D eigenvalue weighted by molar-refractivity contribution is 6.84. The molecule has 3 aromatic carbocycles. The molecule has 0 amide bonds. The van der Waals surface area contributed by atoms with E-state index in [1.54, 1.807) is 48.5 Å². The van der Waals surface area contributed by atoms with Gasteiger partial charge in [0.1, 0.15) is 11.5 Å². The molecule has 3 rings (SSSR count). The summed E-state index contributed by atoms with van der Waals surface area (Å²) in [5.74, 6) is 0.352. The summed E-state index contributed by atoms with van der Waals surface area (Å²) < 4.78 is 23.2. The van der Waals surface area contributed by atoms with E-state index in [4.69, 9.17) is 23.6 Å². The van der Waals surface area contributed by atoms with Crippen molar-refractivity contribution < 1.29 is 27.9 Å². The van der Waals surface area contributed by atoms with E-state index in [1.807, 2.05) is 24.3 Å². The third kappa shape index (κ3) is 11.7. The summed E-state index contributed by atoms with van der Waals surface area (Å²) in [5, 5.41) is 8.96. The van der Waals surface area contributed by atoms with Crippen molar-refractivity contribution in [1.82, 2.24) is 0 Å². The van der Waals surface area contributed by atoms with Gasteiger partial charge in [-0.3, -0.25) is 0 Å². The van der Waals surface area contributed by atoms with Crippen molar-refractivity contribution in [3.05, 3.63) is 96.6 Å². The van der Waals surface area contributed by atoms with Crippen LogP contribution in [0.5, 0.6) is 11.5 Å². The van der Waals surface area contributed by atoms with Gasteiger partial charge in [0, 0.05) is 6.08 Å². The maximum Gasteiger partial charge on any atom is 0.343 e. The number of nitrogens with zero attached hydrogens (tertiary/aromatic N) is 1. The third-order valence-electron chi connectivity index (χ3n) is 6.83. The number of carbonyl (C=O) groups is 2. The van der Waals surface area contributed by atoms with Gasteiger partial charge in [-0.2, -0.15) is 5.26 Å². The van der Waals surface area contributed by atoms with Crippen LogP contribution in [-0.2, 0) is 13.6 Å². The number of hydrogen-bond donors (Lipinski definition) is 0. The van der Waals surface area contributed by atoms with Crippen molar-refractivity contribution in [2.45, 2.75) is 57.5 Å². The van der Waals surface area contributed by atoms with E-state index >= 15 is 0 Å². The second-order valence-corrected chi connectivity index (χ2v) is 20.4. The van der Waals surface area contributed by atoms with Crippen LogP contribution in [0.1, 0.15) is 35.2 Å².